The monoisotopic (exact) mass is 393 g/mol. The van der Waals surface area contributed by atoms with Gasteiger partial charge in [0, 0.05) is 11.6 Å². The molecule has 1 aromatic carbocycles. The number of aromatic nitrogens is 2. The van der Waals surface area contributed by atoms with Crippen LogP contribution in [0.1, 0.15) is 6.92 Å². The van der Waals surface area contributed by atoms with Gasteiger partial charge in [-0.25, -0.2) is 4.98 Å². The van der Waals surface area contributed by atoms with E-state index in [9.17, 15) is 4.79 Å². The van der Waals surface area contributed by atoms with Crippen LogP contribution in [0.5, 0.6) is 5.75 Å². The van der Waals surface area contributed by atoms with Crippen LogP contribution in [0.4, 0.5) is 5.13 Å². The van der Waals surface area contributed by atoms with E-state index < -0.39 is 6.10 Å². The number of amides is 1. The minimum Gasteiger partial charge on any atom is -0.479 e. The lowest BCUT2D eigenvalue weighted by molar-refractivity contribution is -0.122. The van der Waals surface area contributed by atoms with Crippen molar-refractivity contribution in [2.24, 2.45) is 0 Å². The third kappa shape index (κ3) is 4.28. The fourth-order valence-electron chi connectivity index (χ4n) is 1.99. The minimum atomic E-state index is -0.766. The second-order valence-electron chi connectivity index (χ2n) is 5.05. The Balaban J connectivity index is 1.66. The van der Waals surface area contributed by atoms with Gasteiger partial charge in [-0.05, 0) is 31.2 Å². The number of carbonyl (C=O) groups excluding carboxylic acids is 1. The highest BCUT2D eigenvalue weighted by molar-refractivity contribution is 7.14. The standard InChI is InChI=1S/C17H13Cl2N3O2S/c1-10(24-14-7-4-5-11(18)15(14)19)16(23)22-17-21-13(9-25-17)12-6-2-3-8-20-12/h2-10H,1H3,(H,21,22,23). The zero-order valence-corrected chi connectivity index (χ0v) is 15.4. The predicted octanol–water partition coefficient (Wildman–Crippen LogP) is 4.92. The summed E-state index contributed by atoms with van der Waals surface area (Å²) in [6.45, 7) is 1.62. The molecule has 0 aliphatic heterocycles. The molecule has 0 bridgehead atoms. The van der Waals surface area contributed by atoms with Crippen molar-refractivity contribution in [2.45, 2.75) is 13.0 Å². The zero-order chi connectivity index (χ0) is 17.8. The second kappa shape index (κ2) is 7.82. The Morgan fingerprint density at radius 2 is 2.04 bits per heavy atom. The van der Waals surface area contributed by atoms with Gasteiger partial charge in [0.1, 0.15) is 16.5 Å². The molecule has 1 atom stereocenters. The van der Waals surface area contributed by atoms with Crippen LogP contribution in [0, 0.1) is 0 Å². The van der Waals surface area contributed by atoms with Crippen LogP contribution in [-0.2, 0) is 4.79 Å². The molecule has 0 radical (unpaired) electrons. The normalized spacial score (nSPS) is 11.8. The van der Waals surface area contributed by atoms with Crippen molar-refractivity contribution in [1.82, 2.24) is 9.97 Å². The van der Waals surface area contributed by atoms with E-state index in [1.807, 2.05) is 23.6 Å². The summed E-state index contributed by atoms with van der Waals surface area (Å²) in [5.41, 5.74) is 1.45. The molecule has 1 unspecified atom stereocenters. The van der Waals surface area contributed by atoms with Gasteiger partial charge in [0.05, 0.1) is 10.7 Å². The molecule has 2 heterocycles. The van der Waals surface area contributed by atoms with Crippen molar-refractivity contribution < 1.29 is 9.53 Å². The van der Waals surface area contributed by atoms with Crippen LogP contribution in [0.2, 0.25) is 10.0 Å². The highest BCUT2D eigenvalue weighted by Crippen LogP contribution is 2.32. The van der Waals surface area contributed by atoms with E-state index in [0.717, 1.165) is 5.69 Å². The van der Waals surface area contributed by atoms with Crippen LogP contribution in [-0.4, -0.2) is 22.0 Å². The summed E-state index contributed by atoms with van der Waals surface area (Å²) in [7, 11) is 0. The fourth-order valence-corrected chi connectivity index (χ4v) is 3.03. The van der Waals surface area contributed by atoms with Gasteiger partial charge in [0.2, 0.25) is 0 Å². The largest absolute Gasteiger partial charge is 0.479 e. The Morgan fingerprint density at radius 3 is 2.80 bits per heavy atom. The first-order chi connectivity index (χ1) is 12.0. The molecular formula is C17H13Cl2N3O2S. The van der Waals surface area contributed by atoms with Crippen molar-refractivity contribution in [1.29, 1.82) is 0 Å². The molecule has 2 aromatic heterocycles. The topological polar surface area (TPSA) is 64.1 Å². The van der Waals surface area contributed by atoms with Crippen LogP contribution in [0.15, 0.2) is 48.0 Å². The lowest BCUT2D eigenvalue weighted by Gasteiger charge is -2.15. The van der Waals surface area contributed by atoms with Gasteiger partial charge in [0.25, 0.3) is 5.91 Å². The molecule has 0 aliphatic rings. The van der Waals surface area contributed by atoms with Crippen molar-refractivity contribution in [3.8, 4) is 17.1 Å². The number of pyridine rings is 1. The maximum absolute atomic E-state index is 12.3. The Labute approximate surface area is 158 Å². The average molecular weight is 394 g/mol. The third-order valence-electron chi connectivity index (χ3n) is 3.25. The highest BCUT2D eigenvalue weighted by Gasteiger charge is 2.18. The molecule has 3 rings (SSSR count). The number of anilines is 1. The summed E-state index contributed by atoms with van der Waals surface area (Å²) in [6.07, 6.45) is 0.926. The van der Waals surface area contributed by atoms with E-state index in [1.54, 1.807) is 31.3 Å². The number of halogens is 2. The maximum atomic E-state index is 12.3. The number of ether oxygens (including phenoxy) is 1. The van der Waals surface area contributed by atoms with Crippen LogP contribution < -0.4 is 10.1 Å². The van der Waals surface area contributed by atoms with E-state index in [-0.39, 0.29) is 10.9 Å². The number of nitrogens with zero attached hydrogens (tertiary/aromatic N) is 2. The molecule has 0 spiro atoms. The smallest absolute Gasteiger partial charge is 0.266 e. The van der Waals surface area contributed by atoms with Crippen molar-refractivity contribution in [2.75, 3.05) is 5.32 Å². The Hall–Kier alpha value is -2.15. The second-order valence-corrected chi connectivity index (χ2v) is 6.70. The van der Waals surface area contributed by atoms with E-state index in [2.05, 4.69) is 15.3 Å². The summed E-state index contributed by atoms with van der Waals surface area (Å²) in [4.78, 5) is 20.9. The summed E-state index contributed by atoms with van der Waals surface area (Å²) in [6, 6.07) is 10.6. The molecule has 3 aromatic rings. The van der Waals surface area contributed by atoms with Gasteiger partial charge in [-0.1, -0.05) is 35.3 Å². The van der Waals surface area contributed by atoms with E-state index in [4.69, 9.17) is 27.9 Å². The average Bonchev–Trinajstić information content (AvgIpc) is 3.08. The van der Waals surface area contributed by atoms with Gasteiger partial charge < -0.3 is 4.74 Å². The first-order valence-electron chi connectivity index (χ1n) is 7.33. The first-order valence-corrected chi connectivity index (χ1v) is 8.96. The van der Waals surface area contributed by atoms with Gasteiger partial charge >= 0.3 is 0 Å². The summed E-state index contributed by atoms with van der Waals surface area (Å²) in [5, 5.41) is 5.67. The minimum absolute atomic E-state index is 0.274. The van der Waals surface area contributed by atoms with Gasteiger partial charge in [-0.15, -0.1) is 11.3 Å². The van der Waals surface area contributed by atoms with E-state index in [1.165, 1.54) is 11.3 Å². The quantitative estimate of drug-likeness (QED) is 0.667. The summed E-state index contributed by atoms with van der Waals surface area (Å²) < 4.78 is 5.59. The number of carbonyl (C=O) groups is 1. The molecule has 1 N–H and O–H groups in total. The first kappa shape index (κ1) is 17.7. The lowest BCUT2D eigenvalue weighted by Crippen LogP contribution is -2.30. The van der Waals surface area contributed by atoms with Crippen molar-refractivity contribution in [3.63, 3.8) is 0 Å². The number of hydrogen-bond acceptors (Lipinski definition) is 5. The number of benzene rings is 1. The highest BCUT2D eigenvalue weighted by atomic mass is 35.5. The van der Waals surface area contributed by atoms with Crippen LogP contribution in [0.25, 0.3) is 11.4 Å². The fraction of sp³-hybridized carbons (Fsp3) is 0.118. The number of nitrogens with one attached hydrogen (secondary N) is 1. The van der Waals surface area contributed by atoms with E-state index in [0.29, 0.717) is 21.6 Å². The lowest BCUT2D eigenvalue weighted by atomic mass is 10.3. The number of thiazole rings is 1. The Bertz CT molecular complexity index is 887. The predicted molar refractivity (Wildman–Crippen MR) is 101 cm³/mol. The molecule has 128 valence electrons. The van der Waals surface area contributed by atoms with Gasteiger partial charge in [0.15, 0.2) is 11.2 Å². The SMILES string of the molecule is CC(Oc1cccc(Cl)c1Cl)C(=O)Nc1nc(-c2ccccn2)cs1. The van der Waals surface area contributed by atoms with Gasteiger partial charge in [-0.3, -0.25) is 15.1 Å². The van der Waals surface area contributed by atoms with Crippen LogP contribution in [0.3, 0.4) is 0 Å². The summed E-state index contributed by atoms with van der Waals surface area (Å²) >= 11 is 13.3. The number of hydrogen-bond donors (Lipinski definition) is 1. The molecule has 1 amide bonds. The zero-order valence-electron chi connectivity index (χ0n) is 13.1. The molecular weight excluding hydrogens is 381 g/mol. The van der Waals surface area contributed by atoms with Crippen molar-refractivity contribution in [3.05, 3.63) is 58.0 Å². The third-order valence-corrected chi connectivity index (χ3v) is 4.81. The van der Waals surface area contributed by atoms with E-state index >= 15 is 0 Å². The molecule has 0 saturated carbocycles. The molecule has 0 aliphatic carbocycles. The molecule has 5 nitrogen and oxygen atoms in total. The molecule has 8 heteroatoms. The van der Waals surface area contributed by atoms with Crippen molar-refractivity contribution >= 4 is 45.6 Å². The van der Waals surface area contributed by atoms with Gasteiger partial charge in [-0.2, -0.15) is 0 Å². The Kier molecular flexibility index (Phi) is 5.53. The Morgan fingerprint density at radius 1 is 1.20 bits per heavy atom. The molecule has 25 heavy (non-hydrogen) atoms. The van der Waals surface area contributed by atoms with Crippen LogP contribution >= 0.6 is 34.5 Å². The molecule has 0 saturated heterocycles. The molecule has 0 fully saturated rings. The maximum Gasteiger partial charge on any atom is 0.266 e. The summed E-state index contributed by atoms with van der Waals surface area (Å²) in [5.74, 6) is 0.0168. The number of rotatable bonds is 5.